The van der Waals surface area contributed by atoms with E-state index in [1.807, 2.05) is 0 Å². The molecule has 2 rings (SSSR count). The number of H-pyrrole nitrogens is 1. The Hall–Kier alpha value is -1.57. The Morgan fingerprint density at radius 3 is 2.88 bits per heavy atom. The van der Waals surface area contributed by atoms with E-state index in [0.717, 1.165) is 11.8 Å². The summed E-state index contributed by atoms with van der Waals surface area (Å²) in [6.45, 7) is 2.18. The number of thioether (sulfide) groups is 1. The molecule has 16 heavy (non-hydrogen) atoms. The molecule has 7 nitrogen and oxygen atoms in total. The number of likely N-dealkylation sites (tertiary alicyclic amines) is 1. The molecule has 0 radical (unpaired) electrons. The molecule has 1 fully saturated rings. The number of imide groups is 1. The molecule has 1 saturated heterocycles. The minimum absolute atomic E-state index is 0.145. The largest absolute Gasteiger partial charge is 0.368 e. The van der Waals surface area contributed by atoms with Gasteiger partial charge in [0.1, 0.15) is 5.25 Å². The molecule has 1 atom stereocenters. The Bertz CT molecular complexity index is 432. The van der Waals surface area contributed by atoms with Gasteiger partial charge >= 0.3 is 0 Å². The summed E-state index contributed by atoms with van der Waals surface area (Å²) in [4.78, 5) is 28.3. The van der Waals surface area contributed by atoms with Crippen molar-refractivity contribution in [1.29, 1.82) is 0 Å². The zero-order valence-corrected chi connectivity index (χ0v) is 9.45. The van der Waals surface area contributed by atoms with Gasteiger partial charge in [0.2, 0.25) is 22.9 Å². The minimum Gasteiger partial charge on any atom is -0.368 e. The Morgan fingerprint density at radius 1 is 1.62 bits per heavy atom. The second-order valence-electron chi connectivity index (χ2n) is 3.29. The van der Waals surface area contributed by atoms with E-state index in [1.165, 1.54) is 4.90 Å². The number of nitrogens with one attached hydrogen (secondary N) is 1. The third-order valence-electron chi connectivity index (χ3n) is 2.25. The van der Waals surface area contributed by atoms with Crippen LogP contribution in [0.25, 0.3) is 0 Å². The molecule has 1 unspecified atom stereocenters. The average molecular weight is 241 g/mol. The predicted octanol–water partition coefficient (Wildman–Crippen LogP) is -0.374. The molecule has 86 valence electrons. The number of aromatic amines is 1. The molecular weight excluding hydrogens is 230 g/mol. The van der Waals surface area contributed by atoms with Gasteiger partial charge in [-0.1, -0.05) is 11.8 Å². The first-order valence-electron chi connectivity index (χ1n) is 4.80. The number of anilines is 1. The summed E-state index contributed by atoms with van der Waals surface area (Å²) >= 11 is 1.16. The first kappa shape index (κ1) is 10.9. The number of amides is 2. The minimum atomic E-state index is -0.428. The topological polar surface area (TPSA) is 105 Å². The summed E-state index contributed by atoms with van der Waals surface area (Å²) in [7, 11) is 0. The van der Waals surface area contributed by atoms with Crippen molar-refractivity contribution in [1.82, 2.24) is 20.1 Å². The molecule has 2 heterocycles. The highest BCUT2D eigenvalue weighted by atomic mass is 32.2. The van der Waals surface area contributed by atoms with Gasteiger partial charge in [0, 0.05) is 13.0 Å². The summed E-state index contributed by atoms with van der Waals surface area (Å²) < 4.78 is 0. The molecule has 8 heteroatoms. The number of nitrogens with two attached hydrogens (primary N) is 1. The maximum absolute atomic E-state index is 11.7. The Labute approximate surface area is 95.8 Å². The Balaban J connectivity index is 2.07. The zero-order valence-electron chi connectivity index (χ0n) is 8.64. The van der Waals surface area contributed by atoms with Gasteiger partial charge in [-0.3, -0.25) is 14.5 Å². The fraction of sp³-hybridized carbons (Fsp3) is 0.500. The van der Waals surface area contributed by atoms with Crippen molar-refractivity contribution in [2.45, 2.75) is 23.8 Å². The summed E-state index contributed by atoms with van der Waals surface area (Å²) in [6, 6.07) is 0. The van der Waals surface area contributed by atoms with E-state index in [0.29, 0.717) is 11.7 Å². The summed E-state index contributed by atoms with van der Waals surface area (Å²) in [5.74, 6) is -0.124. The highest BCUT2D eigenvalue weighted by Gasteiger charge is 2.38. The molecule has 0 saturated carbocycles. The molecular formula is C8H11N5O2S. The van der Waals surface area contributed by atoms with Gasteiger partial charge in [-0.25, -0.2) is 5.10 Å². The second-order valence-corrected chi connectivity index (χ2v) is 4.46. The van der Waals surface area contributed by atoms with Crippen LogP contribution in [-0.2, 0) is 9.59 Å². The van der Waals surface area contributed by atoms with Crippen molar-refractivity contribution in [2.75, 3.05) is 12.3 Å². The molecule has 1 aliphatic heterocycles. The summed E-state index contributed by atoms with van der Waals surface area (Å²) in [6.07, 6.45) is 0.200. The lowest BCUT2D eigenvalue weighted by Crippen LogP contribution is -2.30. The highest BCUT2D eigenvalue weighted by molar-refractivity contribution is 8.00. The van der Waals surface area contributed by atoms with E-state index in [-0.39, 0.29) is 24.2 Å². The standard InChI is InChI=1S/C8H11N5O2S/c1-2-13-5(14)3-4(6(13)15)16-8-10-7(9)11-12-8/h4H,2-3H2,1H3,(H3,9,10,11,12). The van der Waals surface area contributed by atoms with Crippen LogP contribution in [0.4, 0.5) is 5.95 Å². The third kappa shape index (κ3) is 1.87. The van der Waals surface area contributed by atoms with Crippen LogP contribution in [0.15, 0.2) is 5.16 Å². The first-order chi connectivity index (χ1) is 7.61. The van der Waals surface area contributed by atoms with Crippen molar-refractivity contribution < 1.29 is 9.59 Å². The van der Waals surface area contributed by atoms with Crippen LogP contribution < -0.4 is 5.73 Å². The van der Waals surface area contributed by atoms with E-state index >= 15 is 0 Å². The van der Waals surface area contributed by atoms with Gasteiger partial charge in [0.05, 0.1) is 0 Å². The van der Waals surface area contributed by atoms with Gasteiger partial charge in [0.25, 0.3) is 0 Å². The fourth-order valence-electron chi connectivity index (χ4n) is 1.52. The molecule has 0 aromatic carbocycles. The van der Waals surface area contributed by atoms with Gasteiger partial charge in [0.15, 0.2) is 0 Å². The monoisotopic (exact) mass is 241 g/mol. The second kappa shape index (κ2) is 4.12. The highest BCUT2D eigenvalue weighted by Crippen LogP contribution is 2.29. The van der Waals surface area contributed by atoms with Crippen LogP contribution in [0.3, 0.4) is 0 Å². The predicted molar refractivity (Wildman–Crippen MR) is 57.5 cm³/mol. The molecule has 3 N–H and O–H groups in total. The van der Waals surface area contributed by atoms with Crippen LogP contribution in [0.1, 0.15) is 13.3 Å². The lowest BCUT2D eigenvalue weighted by atomic mass is 10.4. The van der Waals surface area contributed by atoms with Crippen LogP contribution >= 0.6 is 11.8 Å². The number of hydrogen-bond acceptors (Lipinski definition) is 6. The molecule has 1 aromatic heterocycles. The van der Waals surface area contributed by atoms with Crippen molar-refractivity contribution in [2.24, 2.45) is 0 Å². The van der Waals surface area contributed by atoms with E-state index in [2.05, 4.69) is 15.2 Å². The molecule has 0 bridgehead atoms. The number of carbonyl (C=O) groups is 2. The smallest absolute Gasteiger partial charge is 0.243 e. The van der Waals surface area contributed by atoms with Crippen LogP contribution in [0.5, 0.6) is 0 Å². The first-order valence-corrected chi connectivity index (χ1v) is 5.68. The SMILES string of the molecule is CCN1C(=O)CC(Sc2n[nH]c(N)n2)C1=O. The van der Waals surface area contributed by atoms with Gasteiger partial charge in [-0.05, 0) is 6.92 Å². The number of aromatic nitrogens is 3. The van der Waals surface area contributed by atoms with Crippen molar-refractivity contribution in [3.63, 3.8) is 0 Å². The van der Waals surface area contributed by atoms with E-state index in [9.17, 15) is 9.59 Å². The number of nitrogen functional groups attached to an aromatic ring is 1. The van der Waals surface area contributed by atoms with Crippen LogP contribution in [0, 0.1) is 0 Å². The normalized spacial score (nSPS) is 20.8. The van der Waals surface area contributed by atoms with Crippen LogP contribution in [-0.4, -0.2) is 43.7 Å². The average Bonchev–Trinajstić information content (AvgIpc) is 2.74. The maximum atomic E-state index is 11.7. The molecule has 1 aromatic rings. The van der Waals surface area contributed by atoms with E-state index in [1.54, 1.807) is 6.92 Å². The number of hydrogen-bond donors (Lipinski definition) is 2. The summed E-state index contributed by atoms with van der Waals surface area (Å²) in [5, 5.41) is 6.25. The van der Waals surface area contributed by atoms with Crippen molar-refractivity contribution in [3.05, 3.63) is 0 Å². The molecule has 0 aliphatic carbocycles. The quantitative estimate of drug-likeness (QED) is 0.699. The van der Waals surface area contributed by atoms with Crippen molar-refractivity contribution in [3.8, 4) is 0 Å². The zero-order chi connectivity index (χ0) is 11.7. The lowest BCUT2D eigenvalue weighted by molar-refractivity contribution is -0.137. The van der Waals surface area contributed by atoms with Gasteiger partial charge in [-0.15, -0.1) is 5.10 Å². The number of nitrogens with zero attached hydrogens (tertiary/aromatic N) is 3. The fourth-order valence-corrected chi connectivity index (χ4v) is 2.47. The number of rotatable bonds is 3. The van der Waals surface area contributed by atoms with Crippen molar-refractivity contribution >= 4 is 29.5 Å². The van der Waals surface area contributed by atoms with E-state index in [4.69, 9.17) is 5.73 Å². The lowest BCUT2D eigenvalue weighted by Gasteiger charge is -2.10. The molecule has 1 aliphatic rings. The summed E-state index contributed by atoms with van der Waals surface area (Å²) in [5.41, 5.74) is 5.36. The third-order valence-corrected chi connectivity index (χ3v) is 3.29. The number of carbonyl (C=O) groups excluding carboxylic acids is 2. The van der Waals surface area contributed by atoms with Gasteiger partial charge in [-0.2, -0.15) is 4.98 Å². The molecule has 2 amide bonds. The Kier molecular flexibility index (Phi) is 2.82. The Morgan fingerprint density at radius 2 is 2.38 bits per heavy atom. The van der Waals surface area contributed by atoms with E-state index < -0.39 is 5.25 Å². The van der Waals surface area contributed by atoms with Crippen LogP contribution in [0.2, 0.25) is 0 Å². The molecule has 0 spiro atoms. The van der Waals surface area contributed by atoms with Gasteiger partial charge < -0.3 is 5.73 Å². The maximum Gasteiger partial charge on any atom is 0.243 e.